The molecule has 0 bridgehead atoms. The lowest BCUT2D eigenvalue weighted by molar-refractivity contribution is 0.0736. The van der Waals surface area contributed by atoms with Crippen molar-refractivity contribution in [2.24, 2.45) is 0 Å². The number of aliphatic hydroxyl groups is 1. The van der Waals surface area contributed by atoms with Crippen molar-refractivity contribution in [3.05, 3.63) is 83.7 Å². The summed E-state index contributed by atoms with van der Waals surface area (Å²) < 4.78 is 1.68. The van der Waals surface area contributed by atoms with Crippen LogP contribution in [0.15, 0.2) is 67.0 Å². The number of aromatic nitrogens is 3. The number of aliphatic hydroxyl groups excluding tert-OH is 1. The summed E-state index contributed by atoms with van der Waals surface area (Å²) in [5.41, 5.74) is 5.50. The van der Waals surface area contributed by atoms with Gasteiger partial charge in [0.15, 0.2) is 0 Å². The Bertz CT molecular complexity index is 1230. The fourth-order valence-electron chi connectivity index (χ4n) is 4.06. The Hall–Kier alpha value is -3.51. The minimum Gasteiger partial charge on any atom is -0.394 e. The summed E-state index contributed by atoms with van der Waals surface area (Å²) in [7, 11) is 0. The van der Waals surface area contributed by atoms with Crippen LogP contribution in [-0.2, 0) is 19.5 Å². The zero-order valence-corrected chi connectivity index (χ0v) is 16.5. The van der Waals surface area contributed by atoms with Crippen LogP contribution in [0.25, 0.3) is 22.2 Å². The Morgan fingerprint density at radius 3 is 2.73 bits per heavy atom. The fourth-order valence-corrected chi connectivity index (χ4v) is 4.06. The molecule has 6 heteroatoms. The number of carbonyl (C=O) groups excluding carboxylic acids is 1. The number of carbonyl (C=O) groups is 1. The maximum absolute atomic E-state index is 13.6. The zero-order chi connectivity index (χ0) is 20.5. The molecule has 1 N–H and O–H groups in total. The van der Waals surface area contributed by atoms with E-state index in [1.165, 1.54) is 11.1 Å². The Morgan fingerprint density at radius 2 is 1.87 bits per heavy atom. The van der Waals surface area contributed by atoms with Gasteiger partial charge in [-0.05, 0) is 29.7 Å². The lowest BCUT2D eigenvalue weighted by Crippen LogP contribution is -2.36. The first-order valence-electron chi connectivity index (χ1n) is 10.1. The van der Waals surface area contributed by atoms with Gasteiger partial charge in [-0.3, -0.25) is 9.48 Å². The first kappa shape index (κ1) is 18.5. The molecule has 30 heavy (non-hydrogen) atoms. The van der Waals surface area contributed by atoms with Crippen molar-refractivity contribution in [2.45, 2.75) is 19.5 Å². The first-order valence-corrected chi connectivity index (χ1v) is 10.1. The molecule has 0 atom stereocenters. The number of amides is 1. The highest BCUT2D eigenvalue weighted by molar-refractivity contribution is 6.07. The molecular weight excluding hydrogens is 376 g/mol. The molecule has 0 radical (unpaired) electrons. The minimum absolute atomic E-state index is 0.0203. The summed E-state index contributed by atoms with van der Waals surface area (Å²) in [6.07, 6.45) is 4.43. The van der Waals surface area contributed by atoms with E-state index in [0.29, 0.717) is 30.9 Å². The lowest BCUT2D eigenvalue weighted by Gasteiger charge is -2.29. The summed E-state index contributed by atoms with van der Waals surface area (Å²) in [6, 6.07) is 17.9. The van der Waals surface area contributed by atoms with E-state index in [0.717, 1.165) is 22.9 Å². The van der Waals surface area contributed by atoms with Crippen molar-refractivity contribution in [3.8, 4) is 11.3 Å². The highest BCUT2D eigenvalue weighted by Crippen LogP contribution is 2.27. The summed E-state index contributed by atoms with van der Waals surface area (Å²) in [5, 5.41) is 14.3. The van der Waals surface area contributed by atoms with Gasteiger partial charge in [-0.1, -0.05) is 42.5 Å². The molecular formula is C24H22N4O2. The molecule has 0 aliphatic carbocycles. The number of hydrogen-bond donors (Lipinski definition) is 1. The average molecular weight is 398 g/mol. The van der Waals surface area contributed by atoms with Crippen molar-refractivity contribution >= 4 is 16.8 Å². The van der Waals surface area contributed by atoms with Gasteiger partial charge in [0.05, 0.1) is 36.1 Å². The fraction of sp³-hybridized carbons (Fsp3) is 0.208. The molecule has 1 aliphatic heterocycles. The summed E-state index contributed by atoms with van der Waals surface area (Å²) in [6.45, 7) is 1.77. The predicted molar refractivity (Wildman–Crippen MR) is 115 cm³/mol. The molecule has 0 saturated carbocycles. The molecule has 1 aliphatic rings. The minimum atomic E-state index is 0.0203. The number of para-hydroxylation sites is 1. The van der Waals surface area contributed by atoms with Crippen molar-refractivity contribution < 1.29 is 9.90 Å². The molecule has 2 aromatic heterocycles. The van der Waals surface area contributed by atoms with Crippen LogP contribution in [0.4, 0.5) is 0 Å². The third-order valence-corrected chi connectivity index (χ3v) is 5.62. The summed E-state index contributed by atoms with van der Waals surface area (Å²) in [5.74, 6) is 0.0205. The standard InChI is InChI=1S/C24H22N4O2/c29-12-11-28-16-19(14-25-28)23-13-21(20-7-3-4-8-22(20)26-23)24(30)27-10-9-17-5-1-2-6-18(17)15-27/h1-8,13-14,16,29H,9-12,15H2. The molecule has 0 spiro atoms. The van der Waals surface area contributed by atoms with E-state index in [1.54, 1.807) is 10.9 Å². The molecule has 0 unspecified atom stereocenters. The number of benzene rings is 2. The lowest BCUT2D eigenvalue weighted by atomic mass is 9.98. The van der Waals surface area contributed by atoms with Crippen molar-refractivity contribution in [2.75, 3.05) is 13.2 Å². The second-order valence-electron chi connectivity index (χ2n) is 7.53. The second-order valence-corrected chi connectivity index (χ2v) is 7.53. The SMILES string of the molecule is O=C(c1cc(-c2cnn(CCO)c2)nc2ccccc12)N1CCc2ccccc2C1. The van der Waals surface area contributed by atoms with Gasteiger partial charge in [0.25, 0.3) is 5.91 Å². The van der Waals surface area contributed by atoms with Gasteiger partial charge in [0.2, 0.25) is 0 Å². The maximum atomic E-state index is 13.6. The largest absolute Gasteiger partial charge is 0.394 e. The molecule has 150 valence electrons. The number of nitrogens with zero attached hydrogens (tertiary/aromatic N) is 4. The van der Waals surface area contributed by atoms with Crippen LogP contribution in [0.1, 0.15) is 21.5 Å². The quantitative estimate of drug-likeness (QED) is 0.573. The van der Waals surface area contributed by atoms with E-state index in [1.807, 2.05) is 47.5 Å². The van der Waals surface area contributed by atoms with Gasteiger partial charge in [-0.2, -0.15) is 5.10 Å². The molecule has 4 aromatic rings. The number of rotatable bonds is 4. The number of fused-ring (bicyclic) bond motifs is 2. The molecule has 3 heterocycles. The highest BCUT2D eigenvalue weighted by atomic mass is 16.3. The molecule has 5 rings (SSSR count). The Morgan fingerprint density at radius 1 is 1.07 bits per heavy atom. The van der Waals surface area contributed by atoms with Crippen molar-refractivity contribution in [3.63, 3.8) is 0 Å². The molecule has 0 saturated heterocycles. The zero-order valence-electron chi connectivity index (χ0n) is 16.5. The normalized spacial score (nSPS) is 13.4. The topological polar surface area (TPSA) is 71.2 Å². The number of hydrogen-bond acceptors (Lipinski definition) is 4. The molecule has 1 amide bonds. The van der Waals surface area contributed by atoms with E-state index < -0.39 is 0 Å². The van der Waals surface area contributed by atoms with Gasteiger partial charge in [-0.15, -0.1) is 0 Å². The first-order chi connectivity index (χ1) is 14.7. The maximum Gasteiger partial charge on any atom is 0.254 e. The predicted octanol–water partition coefficient (Wildman–Crippen LogP) is 3.29. The van der Waals surface area contributed by atoms with Crippen molar-refractivity contribution in [1.82, 2.24) is 19.7 Å². The van der Waals surface area contributed by atoms with E-state index >= 15 is 0 Å². The van der Waals surface area contributed by atoms with Crippen LogP contribution in [0, 0.1) is 0 Å². The van der Waals surface area contributed by atoms with Gasteiger partial charge in [0, 0.05) is 30.2 Å². The molecule has 2 aromatic carbocycles. The highest BCUT2D eigenvalue weighted by Gasteiger charge is 2.24. The average Bonchev–Trinajstić information content (AvgIpc) is 3.26. The second kappa shape index (κ2) is 7.72. The monoisotopic (exact) mass is 398 g/mol. The number of pyridine rings is 1. The van der Waals surface area contributed by atoms with E-state index in [-0.39, 0.29) is 12.5 Å². The van der Waals surface area contributed by atoms with Crippen LogP contribution in [0.2, 0.25) is 0 Å². The van der Waals surface area contributed by atoms with Crippen LogP contribution in [0.5, 0.6) is 0 Å². The van der Waals surface area contributed by atoms with Gasteiger partial charge in [-0.25, -0.2) is 4.98 Å². The third kappa shape index (κ3) is 3.35. The molecule has 6 nitrogen and oxygen atoms in total. The third-order valence-electron chi connectivity index (χ3n) is 5.62. The smallest absolute Gasteiger partial charge is 0.254 e. The van der Waals surface area contributed by atoms with E-state index in [9.17, 15) is 4.79 Å². The Kier molecular flexibility index (Phi) is 4.77. The van der Waals surface area contributed by atoms with Gasteiger partial charge >= 0.3 is 0 Å². The molecule has 0 fully saturated rings. The van der Waals surface area contributed by atoms with E-state index in [4.69, 9.17) is 10.1 Å². The summed E-state index contributed by atoms with van der Waals surface area (Å²) in [4.78, 5) is 20.2. The van der Waals surface area contributed by atoms with Gasteiger partial charge in [0.1, 0.15) is 0 Å². The van der Waals surface area contributed by atoms with Crippen LogP contribution < -0.4 is 0 Å². The Balaban J connectivity index is 1.55. The van der Waals surface area contributed by atoms with Crippen molar-refractivity contribution in [1.29, 1.82) is 0 Å². The van der Waals surface area contributed by atoms with Crippen LogP contribution in [0.3, 0.4) is 0 Å². The summed E-state index contributed by atoms with van der Waals surface area (Å²) >= 11 is 0. The van der Waals surface area contributed by atoms with Crippen LogP contribution in [-0.4, -0.2) is 43.8 Å². The van der Waals surface area contributed by atoms with Gasteiger partial charge < -0.3 is 10.0 Å². The van der Waals surface area contributed by atoms with Crippen LogP contribution >= 0.6 is 0 Å². The van der Waals surface area contributed by atoms with E-state index in [2.05, 4.69) is 23.3 Å². The Labute approximate surface area is 174 Å².